The molecular weight excluding hydrogens is 385 g/mol. The van der Waals surface area contributed by atoms with Gasteiger partial charge in [0.15, 0.2) is 5.76 Å². The van der Waals surface area contributed by atoms with Gasteiger partial charge in [-0.3, -0.25) is 9.59 Å². The van der Waals surface area contributed by atoms with Gasteiger partial charge in [0, 0.05) is 33.8 Å². The lowest BCUT2D eigenvalue weighted by atomic mass is 10.0. The quantitative estimate of drug-likeness (QED) is 0.455. The summed E-state index contributed by atoms with van der Waals surface area (Å²) in [7, 11) is 1.56. The van der Waals surface area contributed by atoms with Crippen LogP contribution in [0.4, 0.5) is 10.1 Å². The zero-order chi connectivity index (χ0) is 21.3. The number of ketones is 1. The van der Waals surface area contributed by atoms with E-state index in [9.17, 15) is 14.0 Å². The van der Waals surface area contributed by atoms with Crippen LogP contribution in [0.15, 0.2) is 71.1 Å². The molecule has 6 heteroatoms. The van der Waals surface area contributed by atoms with Gasteiger partial charge in [0.05, 0.1) is 7.11 Å². The van der Waals surface area contributed by atoms with E-state index >= 15 is 0 Å². The summed E-state index contributed by atoms with van der Waals surface area (Å²) in [5.41, 5.74) is 2.54. The van der Waals surface area contributed by atoms with Crippen LogP contribution < -0.4 is 10.1 Å². The summed E-state index contributed by atoms with van der Waals surface area (Å²) < 4.78 is 24.0. The molecule has 0 saturated heterocycles. The summed E-state index contributed by atoms with van der Waals surface area (Å²) in [6, 6.07) is 17.3. The predicted molar refractivity (Wildman–Crippen MR) is 112 cm³/mol. The molecule has 0 spiro atoms. The number of carbonyl (C=O) groups is 2. The van der Waals surface area contributed by atoms with E-state index < -0.39 is 5.82 Å². The number of hydrogen-bond donors (Lipinski definition) is 1. The Kier molecular flexibility index (Phi) is 5.06. The Hall–Kier alpha value is -3.93. The summed E-state index contributed by atoms with van der Waals surface area (Å²) in [6.45, 7) is 1.82. The molecule has 5 nitrogen and oxygen atoms in total. The molecule has 0 atom stereocenters. The number of hydrogen-bond acceptors (Lipinski definition) is 4. The van der Waals surface area contributed by atoms with Crippen molar-refractivity contribution in [1.29, 1.82) is 0 Å². The van der Waals surface area contributed by atoms with Gasteiger partial charge in [-0.2, -0.15) is 0 Å². The number of aryl methyl sites for hydroxylation is 1. The molecule has 0 bridgehead atoms. The van der Waals surface area contributed by atoms with Crippen molar-refractivity contribution in [3.63, 3.8) is 0 Å². The molecule has 0 fully saturated rings. The highest BCUT2D eigenvalue weighted by atomic mass is 19.1. The average molecular weight is 403 g/mol. The van der Waals surface area contributed by atoms with Crippen LogP contribution in [-0.4, -0.2) is 18.8 Å². The van der Waals surface area contributed by atoms with E-state index in [4.69, 9.17) is 9.15 Å². The molecular formula is C24H18FNO4. The first-order chi connectivity index (χ1) is 14.5. The fraction of sp³-hybridized carbons (Fsp3) is 0.0833. The van der Waals surface area contributed by atoms with Crippen molar-refractivity contribution in [3.05, 3.63) is 95.0 Å². The Bertz CT molecular complexity index is 1240. The number of amides is 1. The maximum Gasteiger partial charge on any atom is 0.255 e. The number of fused-ring (bicyclic) bond motifs is 1. The molecule has 1 aromatic heterocycles. The van der Waals surface area contributed by atoms with Gasteiger partial charge >= 0.3 is 0 Å². The Labute approximate surface area is 172 Å². The minimum absolute atomic E-state index is 0.233. The smallest absolute Gasteiger partial charge is 0.255 e. The highest BCUT2D eigenvalue weighted by Crippen LogP contribution is 2.30. The molecule has 30 heavy (non-hydrogen) atoms. The molecule has 0 saturated carbocycles. The number of anilines is 1. The standard InChI is InChI=1S/C24H18FNO4/c1-14-20-12-9-18(26-24(28)16-3-7-17(25)8-4-16)13-21(20)30-23(14)22(27)15-5-10-19(29-2)11-6-15/h3-13H,1-2H3,(H,26,28). The molecule has 0 radical (unpaired) electrons. The van der Waals surface area contributed by atoms with Crippen molar-refractivity contribution in [2.45, 2.75) is 6.92 Å². The summed E-state index contributed by atoms with van der Waals surface area (Å²) >= 11 is 0. The summed E-state index contributed by atoms with van der Waals surface area (Å²) in [6.07, 6.45) is 0. The minimum Gasteiger partial charge on any atom is -0.497 e. The maximum atomic E-state index is 13.0. The molecule has 0 aliphatic carbocycles. The third-order valence-electron chi connectivity index (χ3n) is 4.86. The molecule has 0 unspecified atom stereocenters. The zero-order valence-electron chi connectivity index (χ0n) is 16.4. The first-order valence-corrected chi connectivity index (χ1v) is 9.25. The Morgan fingerprint density at radius 1 is 0.933 bits per heavy atom. The van der Waals surface area contributed by atoms with Crippen molar-refractivity contribution < 1.29 is 23.1 Å². The van der Waals surface area contributed by atoms with Crippen molar-refractivity contribution in [3.8, 4) is 5.75 Å². The second-order valence-corrected chi connectivity index (χ2v) is 6.79. The Balaban J connectivity index is 1.61. The molecule has 4 aromatic rings. The lowest BCUT2D eigenvalue weighted by molar-refractivity contribution is 0.101. The Morgan fingerprint density at radius 3 is 2.27 bits per heavy atom. The first-order valence-electron chi connectivity index (χ1n) is 9.25. The van der Waals surface area contributed by atoms with Gasteiger partial charge in [-0.15, -0.1) is 0 Å². The normalized spacial score (nSPS) is 10.8. The number of methoxy groups -OCH3 is 1. The number of benzene rings is 3. The van der Waals surface area contributed by atoms with Crippen LogP contribution in [0.1, 0.15) is 32.0 Å². The van der Waals surface area contributed by atoms with Crippen LogP contribution >= 0.6 is 0 Å². The number of carbonyl (C=O) groups excluding carboxylic acids is 2. The van der Waals surface area contributed by atoms with Gasteiger partial charge < -0.3 is 14.5 Å². The van der Waals surface area contributed by atoms with Gasteiger partial charge in [0.2, 0.25) is 5.78 Å². The van der Waals surface area contributed by atoms with Gasteiger partial charge in [-0.25, -0.2) is 4.39 Å². The van der Waals surface area contributed by atoms with Gasteiger partial charge in [-0.05, 0) is 67.6 Å². The fourth-order valence-corrected chi connectivity index (χ4v) is 3.20. The lowest BCUT2D eigenvalue weighted by Gasteiger charge is -2.05. The van der Waals surface area contributed by atoms with E-state index in [0.29, 0.717) is 28.1 Å². The number of rotatable bonds is 5. The fourth-order valence-electron chi connectivity index (χ4n) is 3.20. The lowest BCUT2D eigenvalue weighted by Crippen LogP contribution is -2.11. The van der Waals surface area contributed by atoms with E-state index in [1.807, 2.05) is 6.92 Å². The average Bonchev–Trinajstić information content (AvgIpc) is 3.09. The maximum absolute atomic E-state index is 13.0. The summed E-state index contributed by atoms with van der Waals surface area (Å²) in [5.74, 6) is -0.102. The van der Waals surface area contributed by atoms with E-state index in [1.165, 1.54) is 24.3 Å². The monoisotopic (exact) mass is 403 g/mol. The molecule has 1 heterocycles. The van der Waals surface area contributed by atoms with E-state index in [-0.39, 0.29) is 17.5 Å². The zero-order valence-corrected chi connectivity index (χ0v) is 16.4. The second-order valence-electron chi connectivity index (χ2n) is 6.79. The van der Waals surface area contributed by atoms with E-state index in [2.05, 4.69) is 5.32 Å². The number of halogens is 1. The molecule has 150 valence electrons. The van der Waals surface area contributed by atoms with Gasteiger partial charge in [0.25, 0.3) is 5.91 Å². The van der Waals surface area contributed by atoms with Crippen LogP contribution in [-0.2, 0) is 0 Å². The molecule has 1 N–H and O–H groups in total. The molecule has 3 aromatic carbocycles. The summed E-state index contributed by atoms with van der Waals surface area (Å²) in [5, 5.41) is 3.54. The third-order valence-corrected chi connectivity index (χ3v) is 4.86. The van der Waals surface area contributed by atoms with Crippen molar-refractivity contribution >= 4 is 28.3 Å². The number of ether oxygens (including phenoxy) is 1. The topological polar surface area (TPSA) is 68.5 Å². The SMILES string of the molecule is COc1ccc(C(=O)c2oc3cc(NC(=O)c4ccc(F)cc4)ccc3c2C)cc1. The van der Waals surface area contributed by atoms with Crippen molar-refractivity contribution in [2.24, 2.45) is 0 Å². The van der Waals surface area contributed by atoms with E-state index in [0.717, 1.165) is 10.9 Å². The van der Waals surface area contributed by atoms with Crippen LogP contribution in [0, 0.1) is 12.7 Å². The second kappa shape index (κ2) is 7.83. The molecule has 0 aliphatic rings. The van der Waals surface area contributed by atoms with Crippen LogP contribution in [0.2, 0.25) is 0 Å². The number of nitrogens with one attached hydrogen (secondary N) is 1. The molecule has 1 amide bonds. The molecule has 0 aliphatic heterocycles. The number of furan rings is 1. The van der Waals surface area contributed by atoms with Crippen LogP contribution in [0.25, 0.3) is 11.0 Å². The molecule has 4 rings (SSSR count). The third kappa shape index (κ3) is 3.67. The van der Waals surface area contributed by atoms with Crippen LogP contribution in [0.3, 0.4) is 0 Å². The van der Waals surface area contributed by atoms with Gasteiger partial charge in [-0.1, -0.05) is 0 Å². The largest absolute Gasteiger partial charge is 0.497 e. The van der Waals surface area contributed by atoms with Gasteiger partial charge in [0.1, 0.15) is 17.1 Å². The van der Waals surface area contributed by atoms with Crippen molar-refractivity contribution in [2.75, 3.05) is 12.4 Å². The summed E-state index contributed by atoms with van der Waals surface area (Å²) in [4.78, 5) is 25.2. The Morgan fingerprint density at radius 2 is 1.60 bits per heavy atom. The predicted octanol–water partition coefficient (Wildman–Crippen LogP) is 5.37. The van der Waals surface area contributed by atoms with Crippen molar-refractivity contribution in [1.82, 2.24) is 0 Å². The van der Waals surface area contributed by atoms with E-state index in [1.54, 1.807) is 49.6 Å². The minimum atomic E-state index is -0.409. The highest BCUT2D eigenvalue weighted by molar-refractivity contribution is 6.11. The van der Waals surface area contributed by atoms with Crippen LogP contribution in [0.5, 0.6) is 5.75 Å². The first kappa shape index (κ1) is 19.4. The highest BCUT2D eigenvalue weighted by Gasteiger charge is 2.20.